The highest BCUT2D eigenvalue weighted by atomic mass is 15.5. The van der Waals surface area contributed by atoms with Crippen LogP contribution in [0, 0.1) is 0 Å². The Morgan fingerprint density at radius 1 is 1.61 bits per heavy atom. The van der Waals surface area contributed by atoms with E-state index in [2.05, 4.69) is 21.5 Å². The van der Waals surface area contributed by atoms with Crippen LogP contribution in [0.3, 0.4) is 0 Å². The monoisotopic (exact) mass is 248 g/mol. The number of nitrogens with two attached hydrogens (primary N) is 2. The van der Waals surface area contributed by atoms with Gasteiger partial charge in [-0.1, -0.05) is 6.07 Å². The average molecular weight is 248 g/mol. The van der Waals surface area contributed by atoms with Gasteiger partial charge in [0.2, 0.25) is 0 Å². The van der Waals surface area contributed by atoms with E-state index >= 15 is 0 Å². The van der Waals surface area contributed by atoms with Gasteiger partial charge >= 0.3 is 0 Å². The van der Waals surface area contributed by atoms with Crippen LogP contribution in [0.25, 0.3) is 0 Å². The number of hydrogen-bond donors (Lipinski definition) is 3. The zero-order valence-corrected chi connectivity index (χ0v) is 10.4. The molecule has 0 radical (unpaired) electrons. The van der Waals surface area contributed by atoms with Crippen molar-refractivity contribution < 1.29 is 0 Å². The van der Waals surface area contributed by atoms with Crippen molar-refractivity contribution in [1.82, 2.24) is 15.3 Å². The largest absolute Gasteiger partial charge is 0.321 e. The normalized spacial score (nSPS) is 19.4. The van der Waals surface area contributed by atoms with Crippen molar-refractivity contribution in [3.05, 3.63) is 30.1 Å². The van der Waals surface area contributed by atoms with E-state index in [1.807, 2.05) is 12.3 Å². The number of aromatic nitrogens is 1. The third-order valence-corrected chi connectivity index (χ3v) is 3.15. The zero-order valence-electron chi connectivity index (χ0n) is 10.4. The highest BCUT2D eigenvalue weighted by molar-refractivity contribution is 5.87. The van der Waals surface area contributed by atoms with Gasteiger partial charge in [0.15, 0.2) is 5.84 Å². The molecule has 0 bridgehead atoms. The topological polar surface area (TPSA) is 92.6 Å². The first kappa shape index (κ1) is 12.8. The highest BCUT2D eigenvalue weighted by Gasteiger charge is 2.25. The fourth-order valence-corrected chi connectivity index (χ4v) is 1.99. The molecular formula is C12H20N6. The summed E-state index contributed by atoms with van der Waals surface area (Å²) in [7, 11) is 0. The van der Waals surface area contributed by atoms with E-state index in [0.29, 0.717) is 0 Å². The Morgan fingerprint density at radius 2 is 2.44 bits per heavy atom. The van der Waals surface area contributed by atoms with E-state index in [1.54, 1.807) is 11.2 Å². The summed E-state index contributed by atoms with van der Waals surface area (Å²) < 4.78 is 0. The summed E-state index contributed by atoms with van der Waals surface area (Å²) in [5.41, 5.74) is 1.22. The summed E-state index contributed by atoms with van der Waals surface area (Å²) in [5, 5.41) is 8.67. The molecule has 6 nitrogen and oxygen atoms in total. The fraction of sp³-hybridized carbons (Fsp3) is 0.500. The molecule has 0 spiro atoms. The Balaban J connectivity index is 1.75. The molecular weight excluding hydrogens is 228 g/mol. The van der Waals surface area contributed by atoms with Crippen molar-refractivity contribution >= 4 is 5.84 Å². The van der Waals surface area contributed by atoms with E-state index in [0.717, 1.165) is 38.2 Å². The minimum absolute atomic E-state index is 0.221. The molecule has 18 heavy (non-hydrogen) atoms. The Bertz CT molecular complexity index is 387. The van der Waals surface area contributed by atoms with Crippen LogP contribution in [0.4, 0.5) is 0 Å². The molecule has 6 heteroatoms. The number of nitrogens with one attached hydrogen (secondary N) is 1. The number of aryl methyl sites for hydroxylation is 1. The number of hydrazine groups is 1. The minimum atomic E-state index is 0.221. The second-order valence-corrected chi connectivity index (χ2v) is 4.44. The number of rotatable bonds is 5. The van der Waals surface area contributed by atoms with Gasteiger partial charge in [0.25, 0.3) is 0 Å². The maximum absolute atomic E-state index is 5.97. The maximum atomic E-state index is 5.97. The lowest BCUT2D eigenvalue weighted by atomic mass is 10.1. The molecule has 98 valence electrons. The quantitative estimate of drug-likeness (QED) is 0.291. The minimum Gasteiger partial charge on any atom is -0.321 e. The number of pyridine rings is 1. The average Bonchev–Trinajstić information content (AvgIpc) is 2.34. The Morgan fingerprint density at radius 3 is 3.00 bits per heavy atom. The first-order valence-corrected chi connectivity index (χ1v) is 6.23. The van der Waals surface area contributed by atoms with Crippen LogP contribution in [0.5, 0.6) is 0 Å². The molecule has 0 saturated carbocycles. The lowest BCUT2D eigenvalue weighted by Gasteiger charge is -2.33. The summed E-state index contributed by atoms with van der Waals surface area (Å²) in [6.45, 7) is 1.75. The summed E-state index contributed by atoms with van der Waals surface area (Å²) in [6, 6.07) is 4.23. The van der Waals surface area contributed by atoms with E-state index in [1.165, 1.54) is 5.56 Å². The van der Waals surface area contributed by atoms with Gasteiger partial charge in [0, 0.05) is 18.9 Å². The van der Waals surface area contributed by atoms with Crippen molar-refractivity contribution in [2.45, 2.75) is 25.3 Å². The standard InChI is InChI=1S/C12H20N6/c13-17-12(11-5-7-16-11)18(14)8-2-4-10-3-1-6-15-9-10/h1,3,6,9,11,16H,2,4-5,7-8,13-14H2/b17-12-. The molecule has 1 fully saturated rings. The van der Waals surface area contributed by atoms with Gasteiger partial charge in [-0.2, -0.15) is 5.10 Å². The van der Waals surface area contributed by atoms with Crippen molar-refractivity contribution in [2.24, 2.45) is 16.8 Å². The second-order valence-electron chi connectivity index (χ2n) is 4.44. The summed E-state index contributed by atoms with van der Waals surface area (Å²) in [4.78, 5) is 4.09. The SMILES string of the molecule is N/N=C(/C1CCN1)N(N)CCCc1cccnc1. The predicted octanol–water partition coefficient (Wildman–Crippen LogP) is -0.176. The Labute approximate surface area is 107 Å². The van der Waals surface area contributed by atoms with Gasteiger partial charge in [-0.3, -0.25) is 9.99 Å². The number of hydrazone groups is 1. The van der Waals surface area contributed by atoms with Crippen molar-refractivity contribution in [3.63, 3.8) is 0 Å². The third kappa shape index (κ3) is 3.18. The summed E-state index contributed by atoms with van der Waals surface area (Å²) in [6.07, 6.45) is 6.62. The summed E-state index contributed by atoms with van der Waals surface area (Å²) in [5.74, 6) is 12.1. The molecule has 0 aromatic carbocycles. The molecule has 2 heterocycles. The lowest BCUT2D eigenvalue weighted by Crippen LogP contribution is -2.57. The van der Waals surface area contributed by atoms with Crippen LogP contribution in [0.2, 0.25) is 0 Å². The van der Waals surface area contributed by atoms with E-state index < -0.39 is 0 Å². The van der Waals surface area contributed by atoms with Gasteiger partial charge in [-0.05, 0) is 37.4 Å². The van der Waals surface area contributed by atoms with Crippen LogP contribution < -0.4 is 17.0 Å². The molecule has 5 N–H and O–H groups in total. The number of amidine groups is 1. The second kappa shape index (κ2) is 6.32. The first-order chi connectivity index (χ1) is 8.81. The lowest BCUT2D eigenvalue weighted by molar-refractivity contribution is 0.363. The Hall–Kier alpha value is -1.66. The molecule has 1 atom stereocenters. The van der Waals surface area contributed by atoms with Gasteiger partial charge < -0.3 is 11.2 Å². The third-order valence-electron chi connectivity index (χ3n) is 3.15. The van der Waals surface area contributed by atoms with Gasteiger partial charge in [-0.25, -0.2) is 5.84 Å². The summed E-state index contributed by atoms with van der Waals surface area (Å²) >= 11 is 0. The first-order valence-electron chi connectivity index (χ1n) is 6.23. The van der Waals surface area contributed by atoms with Crippen LogP contribution in [-0.4, -0.2) is 35.0 Å². The van der Waals surface area contributed by atoms with Crippen molar-refractivity contribution in [2.75, 3.05) is 13.1 Å². The molecule has 1 aromatic rings. The van der Waals surface area contributed by atoms with Gasteiger partial charge in [0.1, 0.15) is 0 Å². The molecule has 0 amide bonds. The van der Waals surface area contributed by atoms with Crippen molar-refractivity contribution in [1.29, 1.82) is 0 Å². The molecule has 1 aliphatic heterocycles. The fourth-order valence-electron chi connectivity index (χ4n) is 1.99. The zero-order chi connectivity index (χ0) is 12.8. The van der Waals surface area contributed by atoms with E-state index in [-0.39, 0.29) is 6.04 Å². The molecule has 2 rings (SSSR count). The highest BCUT2D eigenvalue weighted by Crippen LogP contribution is 2.07. The maximum Gasteiger partial charge on any atom is 0.155 e. The number of hydrogen-bond acceptors (Lipinski definition) is 5. The Kier molecular flexibility index (Phi) is 4.49. The van der Waals surface area contributed by atoms with Gasteiger partial charge in [-0.15, -0.1) is 0 Å². The van der Waals surface area contributed by atoms with Crippen LogP contribution in [0.1, 0.15) is 18.4 Å². The van der Waals surface area contributed by atoms with Crippen molar-refractivity contribution in [3.8, 4) is 0 Å². The smallest absolute Gasteiger partial charge is 0.155 e. The van der Waals surface area contributed by atoms with E-state index in [9.17, 15) is 0 Å². The number of nitrogens with zero attached hydrogens (tertiary/aromatic N) is 3. The molecule has 1 unspecified atom stereocenters. The van der Waals surface area contributed by atoms with Crippen LogP contribution in [-0.2, 0) is 6.42 Å². The molecule has 1 aromatic heterocycles. The molecule has 1 saturated heterocycles. The van der Waals surface area contributed by atoms with Gasteiger partial charge in [0.05, 0.1) is 6.04 Å². The molecule has 0 aliphatic carbocycles. The molecule has 1 aliphatic rings. The predicted molar refractivity (Wildman–Crippen MR) is 71.5 cm³/mol. The van der Waals surface area contributed by atoms with E-state index in [4.69, 9.17) is 11.7 Å². The van der Waals surface area contributed by atoms with Crippen LogP contribution in [0.15, 0.2) is 29.6 Å². The van der Waals surface area contributed by atoms with Crippen LogP contribution >= 0.6 is 0 Å².